The Hall–Kier alpha value is -0.770. The van der Waals surface area contributed by atoms with E-state index in [1.54, 1.807) is 17.4 Å². The molecule has 2 rings (SSSR count). The Morgan fingerprint density at radius 1 is 1.38 bits per heavy atom. The highest BCUT2D eigenvalue weighted by atomic mass is 35.5. The number of anilines is 1. The van der Waals surface area contributed by atoms with E-state index < -0.39 is 0 Å². The molecule has 0 radical (unpaired) electrons. The molecule has 0 atom stereocenters. The van der Waals surface area contributed by atoms with Gasteiger partial charge in [-0.15, -0.1) is 11.3 Å². The number of hydrogen-bond acceptors (Lipinski definition) is 3. The summed E-state index contributed by atoms with van der Waals surface area (Å²) in [6.07, 6.45) is 0. The molecule has 0 aliphatic rings. The summed E-state index contributed by atoms with van der Waals surface area (Å²) in [5.74, 6) is 0. The van der Waals surface area contributed by atoms with Crippen LogP contribution in [0.4, 0.5) is 5.69 Å². The summed E-state index contributed by atoms with van der Waals surface area (Å²) in [5, 5.41) is 7.41. The highest BCUT2D eigenvalue weighted by Crippen LogP contribution is 2.29. The number of aromatic nitrogens is 1. The quantitative estimate of drug-likeness (QED) is 0.898. The van der Waals surface area contributed by atoms with E-state index in [-0.39, 0.29) is 0 Å². The van der Waals surface area contributed by atoms with Crippen LogP contribution in [0.5, 0.6) is 0 Å². The van der Waals surface area contributed by atoms with E-state index in [2.05, 4.69) is 10.3 Å². The van der Waals surface area contributed by atoms with Crippen molar-refractivity contribution in [2.24, 2.45) is 0 Å². The number of nitrogens with one attached hydrogen (secondary N) is 1. The van der Waals surface area contributed by atoms with Crippen molar-refractivity contribution >= 4 is 40.2 Å². The first-order valence-corrected chi connectivity index (χ1v) is 6.39. The van der Waals surface area contributed by atoms with Crippen molar-refractivity contribution in [3.63, 3.8) is 0 Å². The first-order chi connectivity index (χ1) is 7.66. The van der Waals surface area contributed by atoms with Gasteiger partial charge in [0, 0.05) is 5.38 Å². The molecule has 0 unspecified atom stereocenters. The second kappa shape index (κ2) is 5.04. The van der Waals surface area contributed by atoms with Gasteiger partial charge in [-0.2, -0.15) is 0 Å². The molecule has 0 saturated carbocycles. The minimum absolute atomic E-state index is 0.552. The SMILES string of the molecule is Cc1nc(CNc2cccc(Cl)c2Cl)cs1. The third-order valence-corrected chi connectivity index (χ3v) is 3.72. The number of nitrogens with zero attached hydrogens (tertiary/aromatic N) is 1. The molecule has 0 bridgehead atoms. The fraction of sp³-hybridized carbons (Fsp3) is 0.182. The third-order valence-electron chi connectivity index (χ3n) is 2.08. The molecule has 1 heterocycles. The number of benzene rings is 1. The molecule has 16 heavy (non-hydrogen) atoms. The maximum Gasteiger partial charge on any atom is 0.0898 e. The summed E-state index contributed by atoms with van der Waals surface area (Å²) in [6, 6.07) is 5.53. The van der Waals surface area contributed by atoms with Crippen LogP contribution in [0.2, 0.25) is 10.0 Å². The summed E-state index contributed by atoms with van der Waals surface area (Å²) in [6.45, 7) is 2.64. The Labute approximate surface area is 108 Å². The van der Waals surface area contributed by atoms with Gasteiger partial charge in [0.2, 0.25) is 0 Å². The fourth-order valence-electron chi connectivity index (χ4n) is 1.32. The maximum atomic E-state index is 6.05. The molecule has 0 amide bonds. The fourth-order valence-corrected chi connectivity index (χ4v) is 2.30. The lowest BCUT2D eigenvalue weighted by Gasteiger charge is -2.07. The molecule has 2 nitrogen and oxygen atoms in total. The van der Waals surface area contributed by atoms with Crippen molar-refractivity contribution in [1.82, 2.24) is 4.98 Å². The van der Waals surface area contributed by atoms with Gasteiger partial charge >= 0.3 is 0 Å². The van der Waals surface area contributed by atoms with E-state index in [4.69, 9.17) is 23.2 Å². The van der Waals surface area contributed by atoms with Crippen LogP contribution in [0.15, 0.2) is 23.6 Å². The van der Waals surface area contributed by atoms with Gasteiger partial charge in [-0.3, -0.25) is 0 Å². The van der Waals surface area contributed by atoms with Crippen LogP contribution in [0.25, 0.3) is 0 Å². The molecule has 84 valence electrons. The predicted molar refractivity (Wildman–Crippen MR) is 70.6 cm³/mol. The minimum Gasteiger partial charge on any atom is -0.378 e. The summed E-state index contributed by atoms with van der Waals surface area (Å²) < 4.78 is 0. The maximum absolute atomic E-state index is 6.05. The van der Waals surface area contributed by atoms with E-state index in [1.807, 2.05) is 24.4 Å². The molecule has 0 spiro atoms. The summed E-state index contributed by atoms with van der Waals surface area (Å²) in [5.41, 5.74) is 1.85. The van der Waals surface area contributed by atoms with Crippen molar-refractivity contribution < 1.29 is 0 Å². The average Bonchev–Trinajstić information content (AvgIpc) is 2.67. The average molecular weight is 273 g/mol. The number of aryl methyl sites for hydroxylation is 1. The summed E-state index contributed by atoms with van der Waals surface area (Å²) in [7, 11) is 0. The Balaban J connectivity index is 2.07. The molecule has 1 aromatic heterocycles. The largest absolute Gasteiger partial charge is 0.378 e. The molecule has 0 fully saturated rings. The molecular formula is C11H10Cl2N2S. The van der Waals surface area contributed by atoms with Gasteiger partial charge in [-0.05, 0) is 19.1 Å². The highest BCUT2D eigenvalue weighted by molar-refractivity contribution is 7.09. The zero-order valence-electron chi connectivity index (χ0n) is 8.63. The Kier molecular flexibility index (Phi) is 3.69. The van der Waals surface area contributed by atoms with E-state index in [9.17, 15) is 0 Å². The molecule has 0 aliphatic heterocycles. The standard InChI is InChI=1S/C11H10Cl2N2S/c1-7-15-8(6-16-7)5-14-10-4-2-3-9(12)11(10)13/h2-4,6,14H,5H2,1H3. The number of hydrogen-bond donors (Lipinski definition) is 1. The van der Waals surface area contributed by atoms with E-state index in [0.29, 0.717) is 16.6 Å². The lowest BCUT2D eigenvalue weighted by molar-refractivity contribution is 1.05. The molecule has 1 aromatic carbocycles. The molecule has 2 aromatic rings. The van der Waals surface area contributed by atoms with Crippen molar-refractivity contribution in [2.75, 3.05) is 5.32 Å². The Bertz CT molecular complexity index is 496. The van der Waals surface area contributed by atoms with E-state index >= 15 is 0 Å². The van der Waals surface area contributed by atoms with Crippen LogP contribution in [-0.2, 0) is 6.54 Å². The van der Waals surface area contributed by atoms with Crippen LogP contribution < -0.4 is 5.32 Å². The normalized spacial score (nSPS) is 10.4. The monoisotopic (exact) mass is 272 g/mol. The smallest absolute Gasteiger partial charge is 0.0898 e. The number of thiazole rings is 1. The van der Waals surface area contributed by atoms with Crippen LogP contribution in [0.3, 0.4) is 0 Å². The molecule has 0 aliphatic carbocycles. The lowest BCUT2D eigenvalue weighted by atomic mass is 10.3. The second-order valence-electron chi connectivity index (χ2n) is 3.31. The van der Waals surface area contributed by atoms with Crippen molar-refractivity contribution in [2.45, 2.75) is 13.5 Å². The first-order valence-electron chi connectivity index (χ1n) is 4.75. The number of halogens is 2. The van der Waals surface area contributed by atoms with Gasteiger partial charge in [0.05, 0.1) is 33.0 Å². The number of rotatable bonds is 3. The Morgan fingerprint density at radius 2 is 2.19 bits per heavy atom. The van der Waals surface area contributed by atoms with Gasteiger partial charge in [0.1, 0.15) is 0 Å². The van der Waals surface area contributed by atoms with E-state index in [0.717, 1.165) is 16.4 Å². The molecule has 0 saturated heterocycles. The van der Waals surface area contributed by atoms with Crippen LogP contribution >= 0.6 is 34.5 Å². The highest BCUT2D eigenvalue weighted by Gasteiger charge is 2.04. The molecule has 5 heteroatoms. The van der Waals surface area contributed by atoms with Gasteiger partial charge in [-0.25, -0.2) is 4.98 Å². The second-order valence-corrected chi connectivity index (χ2v) is 5.16. The third kappa shape index (κ3) is 2.67. The molecular weight excluding hydrogens is 263 g/mol. The summed E-state index contributed by atoms with van der Waals surface area (Å²) in [4.78, 5) is 4.36. The predicted octanol–water partition coefficient (Wildman–Crippen LogP) is 4.37. The van der Waals surface area contributed by atoms with Gasteiger partial charge < -0.3 is 5.32 Å². The lowest BCUT2D eigenvalue weighted by Crippen LogP contribution is -2.00. The first kappa shape index (κ1) is 11.7. The summed E-state index contributed by atoms with van der Waals surface area (Å²) >= 11 is 13.6. The van der Waals surface area contributed by atoms with Gasteiger partial charge in [-0.1, -0.05) is 29.3 Å². The topological polar surface area (TPSA) is 24.9 Å². The van der Waals surface area contributed by atoms with Crippen LogP contribution in [-0.4, -0.2) is 4.98 Å². The van der Waals surface area contributed by atoms with Crippen molar-refractivity contribution in [1.29, 1.82) is 0 Å². The minimum atomic E-state index is 0.552. The zero-order chi connectivity index (χ0) is 11.5. The van der Waals surface area contributed by atoms with Crippen molar-refractivity contribution in [3.8, 4) is 0 Å². The van der Waals surface area contributed by atoms with E-state index in [1.165, 1.54) is 0 Å². The van der Waals surface area contributed by atoms with Crippen molar-refractivity contribution in [3.05, 3.63) is 44.3 Å². The molecule has 1 N–H and O–H groups in total. The Morgan fingerprint density at radius 3 is 2.88 bits per heavy atom. The van der Waals surface area contributed by atoms with Gasteiger partial charge in [0.15, 0.2) is 0 Å². The van der Waals surface area contributed by atoms with Gasteiger partial charge in [0.25, 0.3) is 0 Å². The zero-order valence-corrected chi connectivity index (χ0v) is 11.0. The van der Waals surface area contributed by atoms with Crippen LogP contribution in [0.1, 0.15) is 10.7 Å². The van der Waals surface area contributed by atoms with Crippen LogP contribution in [0, 0.1) is 6.92 Å².